The molecule has 0 atom stereocenters. The van der Waals surface area contributed by atoms with Gasteiger partial charge in [0, 0.05) is 45.2 Å². The first-order chi connectivity index (χ1) is 12.2. The van der Waals surface area contributed by atoms with Crippen LogP contribution in [0.15, 0.2) is 28.7 Å². The Kier molecular flexibility index (Phi) is 5.04. The fourth-order valence-electron chi connectivity index (χ4n) is 2.93. The lowest BCUT2D eigenvalue weighted by atomic mass is 10.1. The second-order valence-electron chi connectivity index (χ2n) is 6.38. The van der Waals surface area contributed by atoms with Crippen LogP contribution in [0.4, 0.5) is 13.2 Å². The first kappa shape index (κ1) is 18.4. The molecule has 0 saturated carbocycles. The zero-order chi connectivity index (χ0) is 18.9. The van der Waals surface area contributed by atoms with Crippen LogP contribution in [0.2, 0.25) is 0 Å². The minimum Gasteiger partial charge on any atom is -0.441 e. The van der Waals surface area contributed by atoms with Crippen molar-refractivity contribution >= 4 is 5.91 Å². The highest BCUT2D eigenvalue weighted by atomic mass is 19.4. The molecule has 0 radical (unpaired) electrons. The summed E-state index contributed by atoms with van der Waals surface area (Å²) in [7, 11) is 0. The van der Waals surface area contributed by atoms with Crippen molar-refractivity contribution in [1.29, 1.82) is 0 Å². The minimum atomic E-state index is -4.36. The molecular weight excluding hydrogens is 347 g/mol. The van der Waals surface area contributed by atoms with Crippen LogP contribution < -0.4 is 0 Å². The highest BCUT2D eigenvalue weighted by Crippen LogP contribution is 2.31. The molecule has 3 rings (SSSR count). The molecule has 1 aromatic carbocycles. The second kappa shape index (κ2) is 7.11. The van der Waals surface area contributed by atoms with Gasteiger partial charge in [-0.05, 0) is 31.2 Å². The van der Waals surface area contributed by atoms with Gasteiger partial charge >= 0.3 is 6.18 Å². The summed E-state index contributed by atoms with van der Waals surface area (Å²) in [4.78, 5) is 19.8. The monoisotopic (exact) mass is 367 g/mol. The Morgan fingerprint density at radius 3 is 2.31 bits per heavy atom. The Hall–Kier alpha value is -2.35. The predicted molar refractivity (Wildman–Crippen MR) is 89.2 cm³/mol. The Morgan fingerprint density at radius 2 is 1.77 bits per heavy atom. The van der Waals surface area contributed by atoms with Gasteiger partial charge in [-0.2, -0.15) is 13.2 Å². The number of nitrogens with zero attached hydrogens (tertiary/aromatic N) is 3. The van der Waals surface area contributed by atoms with Crippen LogP contribution in [0.1, 0.15) is 23.9 Å². The van der Waals surface area contributed by atoms with Crippen LogP contribution in [0.5, 0.6) is 0 Å². The summed E-state index contributed by atoms with van der Waals surface area (Å²) in [5, 5.41) is 0. The molecule has 140 valence electrons. The molecule has 0 unspecified atom stereocenters. The van der Waals surface area contributed by atoms with Gasteiger partial charge in [0.2, 0.25) is 11.8 Å². The highest BCUT2D eigenvalue weighted by molar-refractivity contribution is 5.73. The summed E-state index contributed by atoms with van der Waals surface area (Å²) in [5.74, 6) is 1.04. The Labute approximate surface area is 149 Å². The van der Waals surface area contributed by atoms with Crippen molar-refractivity contribution in [2.24, 2.45) is 0 Å². The van der Waals surface area contributed by atoms with Gasteiger partial charge < -0.3 is 9.32 Å². The first-order valence-corrected chi connectivity index (χ1v) is 8.36. The average Bonchev–Trinajstić information content (AvgIpc) is 2.95. The SMILES string of the molecule is CC(=O)N1CCN(Cc2nc(-c3ccc(C(F)(F)F)cc3)oc2C)CC1. The summed E-state index contributed by atoms with van der Waals surface area (Å²) in [6.45, 7) is 6.80. The van der Waals surface area contributed by atoms with Crippen molar-refractivity contribution in [3.8, 4) is 11.5 Å². The zero-order valence-corrected chi connectivity index (χ0v) is 14.6. The number of aromatic nitrogens is 1. The number of hydrogen-bond acceptors (Lipinski definition) is 4. The predicted octanol–water partition coefficient (Wildman–Crippen LogP) is 3.33. The number of halogens is 3. The zero-order valence-electron chi connectivity index (χ0n) is 14.6. The van der Waals surface area contributed by atoms with E-state index in [4.69, 9.17) is 4.42 Å². The molecule has 0 bridgehead atoms. The molecule has 5 nitrogen and oxygen atoms in total. The Balaban J connectivity index is 1.69. The van der Waals surface area contributed by atoms with Crippen LogP contribution in [-0.2, 0) is 17.5 Å². The number of carbonyl (C=O) groups excluding carboxylic acids is 1. The quantitative estimate of drug-likeness (QED) is 0.835. The van der Waals surface area contributed by atoms with E-state index in [2.05, 4.69) is 9.88 Å². The molecule has 1 aromatic heterocycles. The van der Waals surface area contributed by atoms with Gasteiger partial charge in [-0.1, -0.05) is 0 Å². The third-order valence-corrected chi connectivity index (χ3v) is 4.54. The van der Waals surface area contributed by atoms with Crippen LogP contribution in [0, 0.1) is 6.92 Å². The lowest BCUT2D eigenvalue weighted by Gasteiger charge is -2.33. The van der Waals surface area contributed by atoms with E-state index in [1.54, 1.807) is 18.7 Å². The van der Waals surface area contributed by atoms with E-state index in [9.17, 15) is 18.0 Å². The fraction of sp³-hybridized carbons (Fsp3) is 0.444. The fourth-order valence-corrected chi connectivity index (χ4v) is 2.93. The van der Waals surface area contributed by atoms with Gasteiger partial charge in [0.1, 0.15) is 5.76 Å². The number of piperazine rings is 1. The van der Waals surface area contributed by atoms with Crippen molar-refractivity contribution in [3.63, 3.8) is 0 Å². The number of hydrogen-bond donors (Lipinski definition) is 0. The van der Waals surface area contributed by atoms with Crippen LogP contribution in [-0.4, -0.2) is 46.9 Å². The van der Waals surface area contributed by atoms with Gasteiger partial charge in [-0.25, -0.2) is 4.98 Å². The van der Waals surface area contributed by atoms with Crippen molar-refractivity contribution in [2.45, 2.75) is 26.6 Å². The lowest BCUT2D eigenvalue weighted by Crippen LogP contribution is -2.47. The van der Waals surface area contributed by atoms with Gasteiger partial charge in [0.25, 0.3) is 0 Å². The molecule has 2 heterocycles. The number of oxazole rings is 1. The third kappa shape index (κ3) is 4.07. The van der Waals surface area contributed by atoms with Gasteiger partial charge in [-0.15, -0.1) is 0 Å². The van der Waals surface area contributed by atoms with Crippen LogP contribution in [0.25, 0.3) is 11.5 Å². The molecule has 0 spiro atoms. The van der Waals surface area contributed by atoms with E-state index in [1.165, 1.54) is 12.1 Å². The summed E-state index contributed by atoms with van der Waals surface area (Å²) >= 11 is 0. The molecule has 1 saturated heterocycles. The van der Waals surface area contributed by atoms with E-state index < -0.39 is 11.7 Å². The standard InChI is InChI=1S/C18H20F3N3O2/c1-12-16(11-23-7-9-24(10-8-23)13(2)25)22-17(26-12)14-3-5-15(6-4-14)18(19,20)21/h3-6H,7-11H2,1-2H3. The van der Waals surface area contributed by atoms with E-state index >= 15 is 0 Å². The lowest BCUT2D eigenvalue weighted by molar-refractivity contribution is -0.137. The maximum Gasteiger partial charge on any atom is 0.416 e. The van der Waals surface area contributed by atoms with Gasteiger partial charge in [-0.3, -0.25) is 9.69 Å². The topological polar surface area (TPSA) is 49.6 Å². The van der Waals surface area contributed by atoms with Gasteiger partial charge in [0.15, 0.2) is 0 Å². The normalized spacial score (nSPS) is 16.1. The highest BCUT2D eigenvalue weighted by Gasteiger charge is 2.30. The molecule has 26 heavy (non-hydrogen) atoms. The van der Waals surface area contributed by atoms with Crippen molar-refractivity contribution < 1.29 is 22.4 Å². The maximum absolute atomic E-state index is 12.7. The maximum atomic E-state index is 12.7. The molecule has 1 aliphatic rings. The smallest absolute Gasteiger partial charge is 0.416 e. The molecule has 0 aliphatic carbocycles. The molecule has 1 fully saturated rings. The van der Waals surface area contributed by atoms with E-state index in [0.717, 1.165) is 30.9 Å². The van der Waals surface area contributed by atoms with E-state index in [-0.39, 0.29) is 5.91 Å². The Morgan fingerprint density at radius 1 is 1.15 bits per heavy atom. The van der Waals surface area contributed by atoms with E-state index in [0.29, 0.717) is 36.8 Å². The number of alkyl halides is 3. The average molecular weight is 367 g/mol. The van der Waals surface area contributed by atoms with Crippen molar-refractivity contribution in [2.75, 3.05) is 26.2 Å². The first-order valence-electron chi connectivity index (χ1n) is 8.36. The number of amides is 1. The van der Waals surface area contributed by atoms with Crippen LogP contribution in [0.3, 0.4) is 0 Å². The summed E-state index contributed by atoms with van der Waals surface area (Å²) in [5.41, 5.74) is 0.568. The molecule has 2 aromatic rings. The third-order valence-electron chi connectivity index (χ3n) is 4.54. The number of aryl methyl sites for hydroxylation is 1. The molecule has 0 N–H and O–H groups in total. The van der Waals surface area contributed by atoms with Crippen molar-refractivity contribution in [3.05, 3.63) is 41.3 Å². The minimum absolute atomic E-state index is 0.0758. The van der Waals surface area contributed by atoms with Gasteiger partial charge in [0.05, 0.1) is 11.3 Å². The molecule has 1 amide bonds. The Bertz CT molecular complexity index is 776. The molecule has 8 heteroatoms. The van der Waals surface area contributed by atoms with E-state index in [1.807, 2.05) is 0 Å². The summed E-state index contributed by atoms with van der Waals surface area (Å²) < 4.78 is 43.6. The number of rotatable bonds is 3. The summed E-state index contributed by atoms with van der Waals surface area (Å²) in [6, 6.07) is 4.78. The molecular formula is C18H20F3N3O2. The largest absolute Gasteiger partial charge is 0.441 e. The number of carbonyl (C=O) groups is 1. The second-order valence-corrected chi connectivity index (χ2v) is 6.38. The number of benzene rings is 1. The molecule has 1 aliphatic heterocycles. The van der Waals surface area contributed by atoms with Crippen LogP contribution >= 0.6 is 0 Å². The van der Waals surface area contributed by atoms with Crippen molar-refractivity contribution in [1.82, 2.24) is 14.8 Å². The summed E-state index contributed by atoms with van der Waals surface area (Å²) in [6.07, 6.45) is -4.36.